The fourth-order valence-electron chi connectivity index (χ4n) is 3.02. The van der Waals surface area contributed by atoms with Gasteiger partial charge < -0.3 is 10.2 Å². The molecule has 1 aromatic rings. The summed E-state index contributed by atoms with van der Waals surface area (Å²) in [7, 11) is -1.90. The lowest BCUT2D eigenvalue weighted by Crippen LogP contribution is -2.25. The van der Waals surface area contributed by atoms with Gasteiger partial charge in [-0.15, -0.1) is 0 Å². The number of nitrogens with one attached hydrogen (secondary N) is 2. The number of sulfonamides is 1. The van der Waals surface area contributed by atoms with Gasteiger partial charge in [0.05, 0.1) is 4.90 Å². The molecule has 19 heavy (non-hydrogen) atoms. The first kappa shape index (κ1) is 12.9. The fourth-order valence-corrected chi connectivity index (χ4v) is 3.75. The number of rotatable bonds is 3. The van der Waals surface area contributed by atoms with Gasteiger partial charge in [0.2, 0.25) is 10.0 Å². The van der Waals surface area contributed by atoms with Crippen LogP contribution in [0.1, 0.15) is 0 Å². The molecule has 0 aromatic heterocycles. The van der Waals surface area contributed by atoms with E-state index < -0.39 is 10.0 Å². The van der Waals surface area contributed by atoms with Crippen LogP contribution in [0.4, 0.5) is 5.69 Å². The average Bonchev–Trinajstić information content (AvgIpc) is 2.99. The number of benzene rings is 1. The molecule has 0 bridgehead atoms. The minimum Gasteiger partial charge on any atom is -0.371 e. The quantitative estimate of drug-likeness (QED) is 0.834. The summed E-state index contributed by atoms with van der Waals surface area (Å²) < 4.78 is 25.6. The van der Waals surface area contributed by atoms with Crippen LogP contribution in [-0.4, -0.2) is 41.6 Å². The molecule has 2 saturated heterocycles. The maximum atomic E-state index is 11.7. The second-order valence-corrected chi connectivity index (χ2v) is 7.17. The molecule has 5 nitrogen and oxygen atoms in total. The molecule has 2 N–H and O–H groups in total. The predicted octanol–water partition coefficient (Wildman–Crippen LogP) is 0.250. The van der Waals surface area contributed by atoms with Gasteiger partial charge in [0.15, 0.2) is 0 Å². The molecule has 0 spiro atoms. The highest BCUT2D eigenvalue weighted by molar-refractivity contribution is 7.89. The van der Waals surface area contributed by atoms with Crippen LogP contribution >= 0.6 is 0 Å². The van der Waals surface area contributed by atoms with Gasteiger partial charge in [0.25, 0.3) is 0 Å². The van der Waals surface area contributed by atoms with Crippen molar-refractivity contribution >= 4 is 15.7 Å². The summed E-state index contributed by atoms with van der Waals surface area (Å²) in [5, 5.41) is 3.42. The second kappa shape index (κ2) is 4.77. The number of hydrogen-bond donors (Lipinski definition) is 2. The first-order chi connectivity index (χ1) is 9.10. The molecule has 0 amide bonds. The van der Waals surface area contributed by atoms with Crippen molar-refractivity contribution in [2.45, 2.75) is 4.90 Å². The highest BCUT2D eigenvalue weighted by Gasteiger charge is 2.36. The molecule has 104 valence electrons. The van der Waals surface area contributed by atoms with Crippen molar-refractivity contribution in [1.82, 2.24) is 10.0 Å². The molecular formula is C13H19N3O2S. The summed E-state index contributed by atoms with van der Waals surface area (Å²) in [5.41, 5.74) is 1.12. The van der Waals surface area contributed by atoms with Crippen LogP contribution in [-0.2, 0) is 10.0 Å². The largest absolute Gasteiger partial charge is 0.371 e. The van der Waals surface area contributed by atoms with Crippen molar-refractivity contribution in [2.75, 3.05) is 38.1 Å². The van der Waals surface area contributed by atoms with Gasteiger partial charge in [-0.1, -0.05) is 0 Å². The Labute approximate surface area is 114 Å². The Kier molecular flexibility index (Phi) is 3.24. The van der Waals surface area contributed by atoms with E-state index in [0.29, 0.717) is 4.90 Å². The van der Waals surface area contributed by atoms with E-state index in [0.717, 1.165) is 43.7 Å². The van der Waals surface area contributed by atoms with Crippen molar-refractivity contribution in [3.8, 4) is 0 Å². The number of nitrogens with zero attached hydrogens (tertiary/aromatic N) is 1. The highest BCUT2D eigenvalue weighted by atomic mass is 32.2. The Balaban J connectivity index is 1.77. The second-order valence-electron chi connectivity index (χ2n) is 5.28. The molecule has 3 rings (SSSR count). The van der Waals surface area contributed by atoms with Crippen LogP contribution in [0.25, 0.3) is 0 Å². The number of anilines is 1. The first-order valence-corrected chi connectivity index (χ1v) is 8.08. The summed E-state index contributed by atoms with van der Waals surface area (Å²) >= 11 is 0. The van der Waals surface area contributed by atoms with Crippen LogP contribution in [0.15, 0.2) is 29.2 Å². The molecule has 2 fully saturated rings. The standard InChI is InChI=1S/C13H19N3O2S/c1-14-19(17,18)13-4-2-12(3-5-13)16-8-10-6-15-7-11(10)9-16/h2-5,10-11,14-15H,6-9H2,1H3/t10-,11+. The van der Waals surface area contributed by atoms with E-state index in [2.05, 4.69) is 14.9 Å². The zero-order valence-corrected chi connectivity index (χ0v) is 11.8. The summed E-state index contributed by atoms with van der Waals surface area (Å²) in [4.78, 5) is 2.67. The van der Waals surface area contributed by atoms with Crippen molar-refractivity contribution in [2.24, 2.45) is 11.8 Å². The third kappa shape index (κ3) is 2.35. The molecular weight excluding hydrogens is 262 g/mol. The van der Waals surface area contributed by atoms with Gasteiger partial charge in [0.1, 0.15) is 0 Å². The monoisotopic (exact) mass is 281 g/mol. The Hall–Kier alpha value is -1.11. The maximum Gasteiger partial charge on any atom is 0.240 e. The van der Waals surface area contributed by atoms with Crippen LogP contribution in [0.3, 0.4) is 0 Å². The average molecular weight is 281 g/mol. The van der Waals surface area contributed by atoms with Crippen LogP contribution in [0.5, 0.6) is 0 Å². The van der Waals surface area contributed by atoms with Gasteiger partial charge in [-0.2, -0.15) is 0 Å². The van der Waals surface area contributed by atoms with Crippen molar-refractivity contribution < 1.29 is 8.42 Å². The van der Waals surface area contributed by atoms with Gasteiger partial charge in [-0.25, -0.2) is 13.1 Å². The lowest BCUT2D eigenvalue weighted by molar-refractivity contribution is 0.533. The molecule has 1 aromatic carbocycles. The van der Waals surface area contributed by atoms with Gasteiger partial charge in [-0.05, 0) is 43.1 Å². The topological polar surface area (TPSA) is 61.4 Å². The van der Waals surface area contributed by atoms with E-state index >= 15 is 0 Å². The molecule has 2 heterocycles. The Morgan fingerprint density at radius 2 is 1.74 bits per heavy atom. The first-order valence-electron chi connectivity index (χ1n) is 6.59. The number of fused-ring (bicyclic) bond motifs is 1. The smallest absolute Gasteiger partial charge is 0.240 e. The summed E-state index contributed by atoms with van der Waals surface area (Å²) in [6.07, 6.45) is 0. The molecule has 2 atom stereocenters. The lowest BCUT2D eigenvalue weighted by Gasteiger charge is -2.20. The normalized spacial score (nSPS) is 26.7. The van der Waals surface area contributed by atoms with E-state index in [1.165, 1.54) is 7.05 Å². The predicted molar refractivity (Wildman–Crippen MR) is 74.8 cm³/mol. The molecule has 0 radical (unpaired) electrons. The van der Waals surface area contributed by atoms with Gasteiger partial charge in [-0.3, -0.25) is 0 Å². The maximum absolute atomic E-state index is 11.7. The minimum atomic E-state index is -3.33. The lowest BCUT2D eigenvalue weighted by atomic mass is 10.0. The third-order valence-electron chi connectivity index (χ3n) is 4.17. The Morgan fingerprint density at radius 3 is 2.26 bits per heavy atom. The van der Waals surface area contributed by atoms with Crippen molar-refractivity contribution in [3.63, 3.8) is 0 Å². The zero-order valence-electron chi connectivity index (χ0n) is 11.0. The van der Waals surface area contributed by atoms with Gasteiger partial charge >= 0.3 is 0 Å². The zero-order chi connectivity index (χ0) is 13.5. The fraction of sp³-hybridized carbons (Fsp3) is 0.538. The van der Waals surface area contributed by atoms with E-state index in [4.69, 9.17) is 0 Å². The summed E-state index contributed by atoms with van der Waals surface area (Å²) in [6.45, 7) is 4.34. The highest BCUT2D eigenvalue weighted by Crippen LogP contribution is 2.30. The molecule has 0 aliphatic carbocycles. The Bertz CT molecular complexity index is 544. The van der Waals surface area contributed by atoms with E-state index in [9.17, 15) is 8.42 Å². The summed E-state index contributed by atoms with van der Waals surface area (Å²) in [6, 6.07) is 7.15. The molecule has 2 aliphatic heterocycles. The Morgan fingerprint density at radius 1 is 1.16 bits per heavy atom. The molecule has 0 saturated carbocycles. The van der Waals surface area contributed by atoms with Crippen molar-refractivity contribution in [1.29, 1.82) is 0 Å². The summed E-state index contributed by atoms with van der Waals surface area (Å²) in [5.74, 6) is 1.47. The molecule has 2 aliphatic rings. The SMILES string of the molecule is CNS(=O)(=O)c1ccc(N2C[C@H]3CNC[C@H]3C2)cc1. The third-order valence-corrected chi connectivity index (χ3v) is 5.60. The van der Waals surface area contributed by atoms with Crippen LogP contribution < -0.4 is 14.9 Å². The van der Waals surface area contributed by atoms with Crippen molar-refractivity contribution in [3.05, 3.63) is 24.3 Å². The van der Waals surface area contributed by atoms with Gasteiger partial charge in [0, 0.05) is 31.9 Å². The molecule has 0 unspecified atom stereocenters. The minimum absolute atomic E-state index is 0.319. The molecule has 6 heteroatoms. The number of hydrogen-bond acceptors (Lipinski definition) is 4. The van der Waals surface area contributed by atoms with Crippen LogP contribution in [0, 0.1) is 11.8 Å². The van der Waals surface area contributed by atoms with E-state index in [-0.39, 0.29) is 0 Å². The van der Waals surface area contributed by atoms with E-state index in [1.807, 2.05) is 12.1 Å². The van der Waals surface area contributed by atoms with Crippen LogP contribution in [0.2, 0.25) is 0 Å². The van der Waals surface area contributed by atoms with E-state index in [1.54, 1.807) is 12.1 Å².